The summed E-state index contributed by atoms with van der Waals surface area (Å²) in [7, 11) is 0. The number of nitriles is 1. The molecular formula is C11H12N4O3. The minimum absolute atomic E-state index is 0.00843. The second kappa shape index (κ2) is 5.42. The molecule has 0 unspecified atom stereocenters. The molecule has 94 valence electrons. The quantitative estimate of drug-likeness (QED) is 0.632. The predicted molar refractivity (Wildman–Crippen MR) is 62.1 cm³/mol. The van der Waals surface area contributed by atoms with Crippen molar-refractivity contribution < 1.29 is 9.66 Å². The Bertz CT molecular complexity index is 492. The molecule has 0 bridgehead atoms. The lowest BCUT2D eigenvalue weighted by Crippen LogP contribution is -2.34. The molecule has 0 aliphatic carbocycles. The lowest BCUT2D eigenvalue weighted by Gasteiger charge is -2.22. The van der Waals surface area contributed by atoms with Crippen LogP contribution >= 0.6 is 0 Å². The average Bonchev–Trinajstić information content (AvgIpc) is 2.40. The summed E-state index contributed by atoms with van der Waals surface area (Å²) in [4.78, 5) is 14.2. The smallest absolute Gasteiger partial charge is 0.332 e. The van der Waals surface area contributed by atoms with Gasteiger partial charge in [-0.1, -0.05) is 0 Å². The molecule has 1 N–H and O–H groups in total. The molecule has 1 saturated heterocycles. The fourth-order valence-electron chi connectivity index (χ4n) is 1.79. The van der Waals surface area contributed by atoms with E-state index in [0.717, 1.165) is 25.9 Å². The van der Waals surface area contributed by atoms with Gasteiger partial charge in [0.05, 0.1) is 10.5 Å². The van der Waals surface area contributed by atoms with E-state index in [1.165, 1.54) is 12.3 Å². The third kappa shape index (κ3) is 2.73. The van der Waals surface area contributed by atoms with Gasteiger partial charge in [0, 0.05) is 12.3 Å². The van der Waals surface area contributed by atoms with Gasteiger partial charge < -0.3 is 10.1 Å². The summed E-state index contributed by atoms with van der Waals surface area (Å²) in [6.07, 6.45) is 2.80. The first kappa shape index (κ1) is 12.3. The highest BCUT2D eigenvalue weighted by atomic mass is 16.6. The highest BCUT2D eigenvalue weighted by molar-refractivity contribution is 5.46. The Morgan fingerprint density at radius 2 is 2.28 bits per heavy atom. The van der Waals surface area contributed by atoms with Crippen LogP contribution in [0.2, 0.25) is 0 Å². The van der Waals surface area contributed by atoms with Crippen molar-refractivity contribution >= 4 is 5.69 Å². The molecule has 7 nitrogen and oxygen atoms in total. The van der Waals surface area contributed by atoms with E-state index in [1.54, 1.807) is 0 Å². The summed E-state index contributed by atoms with van der Waals surface area (Å²) in [6.45, 7) is 1.66. The molecular weight excluding hydrogens is 236 g/mol. The maximum absolute atomic E-state index is 10.9. The van der Waals surface area contributed by atoms with Crippen molar-refractivity contribution in [3.63, 3.8) is 0 Å². The van der Waals surface area contributed by atoms with Crippen molar-refractivity contribution in [1.82, 2.24) is 10.3 Å². The molecule has 18 heavy (non-hydrogen) atoms. The van der Waals surface area contributed by atoms with Crippen molar-refractivity contribution in [2.75, 3.05) is 13.1 Å². The van der Waals surface area contributed by atoms with Crippen LogP contribution in [0.15, 0.2) is 12.3 Å². The number of rotatable bonds is 3. The molecule has 1 aliphatic rings. The average molecular weight is 248 g/mol. The van der Waals surface area contributed by atoms with Gasteiger partial charge in [0.1, 0.15) is 12.2 Å². The highest BCUT2D eigenvalue weighted by Gasteiger charge is 2.22. The second-order valence-electron chi connectivity index (χ2n) is 3.98. The molecule has 1 aromatic heterocycles. The van der Waals surface area contributed by atoms with Crippen LogP contribution in [0.3, 0.4) is 0 Å². The molecule has 1 aromatic rings. The van der Waals surface area contributed by atoms with Crippen LogP contribution in [0.1, 0.15) is 18.4 Å². The molecule has 1 aliphatic heterocycles. The topological polar surface area (TPSA) is 101 Å². The summed E-state index contributed by atoms with van der Waals surface area (Å²) < 4.78 is 5.55. The number of piperidine rings is 1. The molecule has 0 amide bonds. The molecule has 1 fully saturated rings. The van der Waals surface area contributed by atoms with Gasteiger partial charge in [-0.3, -0.25) is 10.1 Å². The molecule has 2 rings (SSSR count). The predicted octanol–water partition coefficient (Wildman–Crippen LogP) is 0.992. The van der Waals surface area contributed by atoms with Crippen LogP contribution < -0.4 is 10.1 Å². The second-order valence-corrected chi connectivity index (χ2v) is 3.98. The van der Waals surface area contributed by atoms with Crippen LogP contribution in [0, 0.1) is 21.4 Å². The van der Waals surface area contributed by atoms with E-state index in [0.29, 0.717) is 0 Å². The van der Waals surface area contributed by atoms with Gasteiger partial charge in [-0.25, -0.2) is 4.98 Å². The summed E-state index contributed by atoms with van der Waals surface area (Å²) >= 11 is 0. The van der Waals surface area contributed by atoms with Crippen LogP contribution in [0.25, 0.3) is 0 Å². The van der Waals surface area contributed by atoms with Crippen molar-refractivity contribution in [1.29, 1.82) is 5.26 Å². The summed E-state index contributed by atoms with van der Waals surface area (Å²) in [6, 6.07) is 3.00. The van der Waals surface area contributed by atoms with E-state index in [9.17, 15) is 10.1 Å². The van der Waals surface area contributed by atoms with Crippen molar-refractivity contribution in [3.05, 3.63) is 27.9 Å². The molecule has 0 spiro atoms. The van der Waals surface area contributed by atoms with E-state index in [1.807, 2.05) is 6.07 Å². The number of hydrogen-bond acceptors (Lipinski definition) is 6. The first-order chi connectivity index (χ1) is 8.70. The van der Waals surface area contributed by atoms with Gasteiger partial charge >= 0.3 is 5.69 Å². The van der Waals surface area contributed by atoms with Gasteiger partial charge in [0.15, 0.2) is 0 Å². The molecule has 0 aromatic carbocycles. The molecule has 0 atom stereocenters. The van der Waals surface area contributed by atoms with Crippen LogP contribution in [-0.2, 0) is 0 Å². The Kier molecular flexibility index (Phi) is 3.69. The number of pyridine rings is 1. The van der Waals surface area contributed by atoms with Crippen LogP contribution in [0.4, 0.5) is 5.69 Å². The first-order valence-electron chi connectivity index (χ1n) is 5.62. The number of hydrogen-bond donors (Lipinski definition) is 1. The minimum Gasteiger partial charge on any atom is -0.469 e. The Morgan fingerprint density at radius 1 is 1.56 bits per heavy atom. The molecule has 0 saturated carbocycles. The van der Waals surface area contributed by atoms with Gasteiger partial charge in [0.2, 0.25) is 0 Å². The van der Waals surface area contributed by atoms with E-state index >= 15 is 0 Å². The largest absolute Gasteiger partial charge is 0.469 e. The summed E-state index contributed by atoms with van der Waals surface area (Å²) in [5.41, 5.74) is -0.105. The number of nitrogens with one attached hydrogen (secondary N) is 1. The SMILES string of the molecule is N#Cc1cnc(OC2CCNCC2)c([N+](=O)[O-])c1. The Hall–Kier alpha value is -2.20. The van der Waals surface area contributed by atoms with E-state index in [4.69, 9.17) is 10.00 Å². The normalized spacial score (nSPS) is 15.9. The standard InChI is InChI=1S/C11H12N4O3/c12-6-8-5-10(15(16)17)11(14-7-8)18-9-1-3-13-4-2-9/h5,7,9,13H,1-4H2. The summed E-state index contributed by atoms with van der Waals surface area (Å²) in [5.74, 6) is -0.00843. The highest BCUT2D eigenvalue weighted by Crippen LogP contribution is 2.27. The fourth-order valence-corrected chi connectivity index (χ4v) is 1.79. The Balaban J connectivity index is 2.21. The van der Waals surface area contributed by atoms with Gasteiger partial charge in [-0.2, -0.15) is 5.26 Å². The van der Waals surface area contributed by atoms with Crippen molar-refractivity contribution in [2.45, 2.75) is 18.9 Å². The molecule has 2 heterocycles. The number of nitro groups is 1. The number of nitrogens with zero attached hydrogens (tertiary/aromatic N) is 3. The zero-order valence-electron chi connectivity index (χ0n) is 9.63. The monoisotopic (exact) mass is 248 g/mol. The molecule has 0 radical (unpaired) electrons. The maximum atomic E-state index is 10.9. The number of aromatic nitrogens is 1. The lowest BCUT2D eigenvalue weighted by atomic mass is 10.1. The van der Waals surface area contributed by atoms with E-state index in [-0.39, 0.29) is 23.2 Å². The van der Waals surface area contributed by atoms with Gasteiger partial charge in [-0.15, -0.1) is 0 Å². The van der Waals surface area contributed by atoms with Gasteiger partial charge in [0.25, 0.3) is 5.88 Å². The first-order valence-corrected chi connectivity index (χ1v) is 5.62. The van der Waals surface area contributed by atoms with Crippen molar-refractivity contribution in [3.8, 4) is 11.9 Å². The fraction of sp³-hybridized carbons (Fsp3) is 0.455. The van der Waals surface area contributed by atoms with E-state index in [2.05, 4.69) is 10.3 Å². The third-order valence-electron chi connectivity index (χ3n) is 2.72. The van der Waals surface area contributed by atoms with Crippen LogP contribution in [0.5, 0.6) is 5.88 Å². The molecule has 7 heteroatoms. The lowest BCUT2D eigenvalue weighted by molar-refractivity contribution is -0.386. The summed E-state index contributed by atoms with van der Waals surface area (Å²) in [5, 5.41) is 22.8. The van der Waals surface area contributed by atoms with Crippen molar-refractivity contribution in [2.24, 2.45) is 0 Å². The van der Waals surface area contributed by atoms with E-state index < -0.39 is 4.92 Å². The Morgan fingerprint density at radius 3 is 2.89 bits per heavy atom. The zero-order valence-corrected chi connectivity index (χ0v) is 9.63. The zero-order chi connectivity index (χ0) is 13.0. The van der Waals surface area contributed by atoms with Gasteiger partial charge in [-0.05, 0) is 25.9 Å². The maximum Gasteiger partial charge on any atom is 0.332 e. The minimum atomic E-state index is -0.579. The van der Waals surface area contributed by atoms with Crippen LogP contribution in [-0.4, -0.2) is 29.1 Å². The third-order valence-corrected chi connectivity index (χ3v) is 2.72. The number of ether oxygens (including phenoxy) is 1. The Labute approximate surface area is 104 Å².